The summed E-state index contributed by atoms with van der Waals surface area (Å²) in [6, 6.07) is 7.47. The number of imidazole rings is 1. The summed E-state index contributed by atoms with van der Waals surface area (Å²) in [6.07, 6.45) is 5.98. The van der Waals surface area contributed by atoms with Crippen LogP contribution in [0.4, 0.5) is 14.7 Å². The van der Waals surface area contributed by atoms with Crippen LogP contribution >= 0.6 is 0 Å². The number of halogens is 2. The Morgan fingerprint density at radius 1 is 0.949 bits per heavy atom. The number of alkyl halides is 2. The maximum Gasteiger partial charge on any atom is 0.296 e. The van der Waals surface area contributed by atoms with Gasteiger partial charge in [-0.15, -0.1) is 0 Å². The monoisotopic (exact) mass is 539 g/mol. The number of hydrogen-bond acceptors (Lipinski definition) is 7. The fraction of sp³-hybridized carbons (Fsp3) is 0.607. The lowest BCUT2D eigenvalue weighted by molar-refractivity contribution is -0.130. The van der Waals surface area contributed by atoms with Gasteiger partial charge >= 0.3 is 0 Å². The number of rotatable bonds is 8. The minimum Gasteiger partial charge on any atom is -0.378 e. The summed E-state index contributed by atoms with van der Waals surface area (Å²) < 4.78 is 35.0. The van der Waals surface area contributed by atoms with E-state index in [0.29, 0.717) is 79.8 Å². The molecule has 0 N–H and O–H groups in total. The predicted octanol–water partition coefficient (Wildman–Crippen LogP) is 4.49. The van der Waals surface area contributed by atoms with Gasteiger partial charge in [-0.05, 0) is 56.6 Å². The molecule has 4 heterocycles. The highest BCUT2D eigenvalue weighted by molar-refractivity contribution is 5.78. The second-order valence-corrected chi connectivity index (χ2v) is 10.8. The Morgan fingerprint density at radius 3 is 2.46 bits per heavy atom. The fourth-order valence-electron chi connectivity index (χ4n) is 6.26. The lowest BCUT2D eigenvalue weighted by Crippen LogP contribution is -2.38. The number of likely N-dealkylation sites (tertiary alicyclic amines) is 1. The van der Waals surface area contributed by atoms with Gasteiger partial charge in [0.25, 0.3) is 6.43 Å². The number of aryl methyl sites for hydroxylation is 1. The van der Waals surface area contributed by atoms with E-state index in [9.17, 15) is 13.6 Å². The molecule has 2 saturated heterocycles. The molecule has 0 unspecified atom stereocenters. The van der Waals surface area contributed by atoms with Gasteiger partial charge in [0.1, 0.15) is 5.82 Å². The molecule has 0 atom stereocenters. The summed E-state index contributed by atoms with van der Waals surface area (Å²) in [7, 11) is 0. The Balaban J connectivity index is 1.19. The van der Waals surface area contributed by atoms with Crippen molar-refractivity contribution in [2.24, 2.45) is 5.92 Å². The van der Waals surface area contributed by atoms with Crippen LogP contribution in [0.3, 0.4) is 0 Å². The molecule has 2 aromatic heterocycles. The first-order valence-electron chi connectivity index (χ1n) is 14.2. The molecular weight excluding hydrogens is 504 g/mol. The molecule has 39 heavy (non-hydrogen) atoms. The van der Waals surface area contributed by atoms with Crippen LogP contribution in [0.2, 0.25) is 0 Å². The number of nitrogens with zero attached hydrogens (tertiary/aromatic N) is 7. The number of carbonyl (C=O) groups is 1. The number of para-hydroxylation sites is 2. The Kier molecular flexibility index (Phi) is 7.67. The van der Waals surface area contributed by atoms with Crippen molar-refractivity contribution in [3.05, 3.63) is 35.9 Å². The topological polar surface area (TPSA) is 89.3 Å². The first-order valence-corrected chi connectivity index (χ1v) is 14.2. The maximum absolute atomic E-state index is 14.1. The largest absolute Gasteiger partial charge is 0.378 e. The number of benzene rings is 1. The van der Waals surface area contributed by atoms with Gasteiger partial charge in [-0.25, -0.2) is 13.8 Å². The molecule has 3 fully saturated rings. The van der Waals surface area contributed by atoms with Crippen molar-refractivity contribution < 1.29 is 18.3 Å². The van der Waals surface area contributed by atoms with Gasteiger partial charge in [0.05, 0.1) is 24.2 Å². The first kappa shape index (κ1) is 26.0. The molecule has 1 aromatic carbocycles. The van der Waals surface area contributed by atoms with E-state index < -0.39 is 6.43 Å². The third kappa shape index (κ3) is 5.59. The number of anilines is 1. The van der Waals surface area contributed by atoms with Crippen molar-refractivity contribution in [2.45, 2.75) is 70.3 Å². The van der Waals surface area contributed by atoms with E-state index in [2.05, 4.69) is 19.9 Å². The first-order chi connectivity index (χ1) is 19.1. The fourth-order valence-corrected chi connectivity index (χ4v) is 6.26. The van der Waals surface area contributed by atoms with Crippen molar-refractivity contribution in [3.63, 3.8) is 0 Å². The van der Waals surface area contributed by atoms with E-state index >= 15 is 0 Å². The summed E-state index contributed by atoms with van der Waals surface area (Å²) in [6.45, 7) is 3.33. The van der Waals surface area contributed by atoms with Crippen LogP contribution < -0.4 is 4.90 Å². The molecule has 1 amide bonds. The van der Waals surface area contributed by atoms with E-state index in [1.54, 1.807) is 24.3 Å². The summed E-state index contributed by atoms with van der Waals surface area (Å²) in [5.41, 5.74) is 1.03. The summed E-state index contributed by atoms with van der Waals surface area (Å²) in [5.74, 6) is 1.86. The van der Waals surface area contributed by atoms with Crippen LogP contribution in [0, 0.1) is 5.92 Å². The molecule has 6 rings (SSSR count). The average molecular weight is 540 g/mol. The number of morpholine rings is 1. The van der Waals surface area contributed by atoms with E-state index in [1.165, 1.54) is 4.57 Å². The highest BCUT2D eigenvalue weighted by atomic mass is 19.3. The quantitative estimate of drug-likeness (QED) is 0.417. The second-order valence-electron chi connectivity index (χ2n) is 10.8. The van der Waals surface area contributed by atoms with E-state index in [0.717, 1.165) is 51.5 Å². The summed E-state index contributed by atoms with van der Waals surface area (Å²) in [4.78, 5) is 34.5. The van der Waals surface area contributed by atoms with Gasteiger partial charge in [-0.2, -0.15) is 15.0 Å². The van der Waals surface area contributed by atoms with Crippen LogP contribution in [0.15, 0.2) is 24.3 Å². The van der Waals surface area contributed by atoms with E-state index in [-0.39, 0.29) is 11.8 Å². The normalized spacial score (nSPS) is 22.4. The minimum absolute atomic E-state index is 0.182. The molecule has 0 radical (unpaired) electrons. The lowest BCUT2D eigenvalue weighted by Gasteiger charge is -2.34. The molecule has 208 valence electrons. The van der Waals surface area contributed by atoms with Gasteiger partial charge in [0.15, 0.2) is 5.82 Å². The van der Waals surface area contributed by atoms with Crippen LogP contribution in [0.25, 0.3) is 17.0 Å². The van der Waals surface area contributed by atoms with Crippen molar-refractivity contribution in [3.8, 4) is 5.95 Å². The van der Waals surface area contributed by atoms with Gasteiger partial charge in [-0.1, -0.05) is 18.6 Å². The van der Waals surface area contributed by atoms with E-state index in [1.807, 2.05) is 4.90 Å². The van der Waals surface area contributed by atoms with E-state index in [4.69, 9.17) is 9.72 Å². The Bertz CT molecular complexity index is 1300. The molecule has 9 nitrogen and oxygen atoms in total. The number of hydrogen-bond donors (Lipinski definition) is 0. The molecule has 11 heteroatoms. The Hall–Kier alpha value is -3.21. The van der Waals surface area contributed by atoms with Crippen molar-refractivity contribution in [1.29, 1.82) is 0 Å². The number of ether oxygens (including phenoxy) is 1. The molecule has 0 spiro atoms. The molecule has 3 aromatic rings. The molecule has 3 aliphatic rings. The molecule has 1 aliphatic carbocycles. The second kappa shape index (κ2) is 11.5. The SMILES string of the molecule is O=C1CCCN1C1CCC(CCCc2nc(N3CCOCC3)nc(-n3c(C(F)F)nc4ccccc43)n2)CC1. The zero-order chi connectivity index (χ0) is 26.8. The highest BCUT2D eigenvalue weighted by Gasteiger charge is 2.31. The summed E-state index contributed by atoms with van der Waals surface area (Å²) in [5, 5.41) is 0. The van der Waals surface area contributed by atoms with Gasteiger partial charge in [0.2, 0.25) is 17.8 Å². The number of amides is 1. The Labute approximate surface area is 226 Å². The zero-order valence-electron chi connectivity index (χ0n) is 22.1. The third-order valence-electron chi connectivity index (χ3n) is 8.31. The van der Waals surface area contributed by atoms with Crippen LogP contribution in [-0.2, 0) is 16.0 Å². The third-order valence-corrected chi connectivity index (χ3v) is 8.31. The van der Waals surface area contributed by atoms with Gasteiger partial charge in [-0.3, -0.25) is 9.36 Å². The smallest absolute Gasteiger partial charge is 0.296 e. The lowest BCUT2D eigenvalue weighted by atomic mass is 9.82. The van der Waals surface area contributed by atoms with Crippen molar-refractivity contribution >= 4 is 22.9 Å². The van der Waals surface area contributed by atoms with Crippen LogP contribution in [0.1, 0.15) is 69.4 Å². The molecule has 2 aliphatic heterocycles. The van der Waals surface area contributed by atoms with Crippen molar-refractivity contribution in [2.75, 3.05) is 37.7 Å². The zero-order valence-corrected chi connectivity index (χ0v) is 22.1. The van der Waals surface area contributed by atoms with Gasteiger partial charge < -0.3 is 14.5 Å². The predicted molar refractivity (Wildman–Crippen MR) is 142 cm³/mol. The molecular formula is C28H35F2N7O2. The van der Waals surface area contributed by atoms with Gasteiger partial charge in [0, 0.05) is 38.5 Å². The number of aromatic nitrogens is 5. The molecule has 1 saturated carbocycles. The number of fused-ring (bicyclic) bond motifs is 1. The highest BCUT2D eigenvalue weighted by Crippen LogP contribution is 2.33. The molecule has 0 bridgehead atoms. The average Bonchev–Trinajstić information content (AvgIpc) is 3.58. The standard InChI is InChI=1S/C28H35F2N7O2/c29-25(30)26-31-21-6-1-2-7-22(21)37(26)28-33-23(32-27(34-28)35-15-17-39-18-16-35)8-3-5-19-10-12-20(13-11-19)36-14-4-9-24(36)38/h1-2,6-7,19-20,25H,3-5,8-18H2. The minimum atomic E-state index is -2.77. The van der Waals surface area contributed by atoms with Crippen LogP contribution in [-0.4, -0.2) is 74.2 Å². The summed E-state index contributed by atoms with van der Waals surface area (Å²) >= 11 is 0. The number of carbonyl (C=O) groups excluding carboxylic acids is 1. The Morgan fingerprint density at radius 2 is 1.72 bits per heavy atom. The van der Waals surface area contributed by atoms with Crippen molar-refractivity contribution in [1.82, 2.24) is 29.4 Å². The van der Waals surface area contributed by atoms with Crippen LogP contribution in [0.5, 0.6) is 0 Å². The maximum atomic E-state index is 14.1.